The Morgan fingerprint density at radius 1 is 0.242 bits per heavy atom. The number of nitrogens with zero attached hydrogens (tertiary/aromatic N) is 1. The minimum absolute atomic E-state index is 0.0272. The number of para-hydroxylation sites is 2. The van der Waals surface area contributed by atoms with Gasteiger partial charge in [0.05, 0.1) is 0 Å². The average molecular weight is 1750 g/mol. The first-order valence-electron chi connectivity index (χ1n) is 53.4. The molecule has 5 aliphatic rings. The van der Waals surface area contributed by atoms with E-state index in [1.165, 1.54) is 388 Å². The van der Waals surface area contributed by atoms with Crippen molar-refractivity contribution in [2.24, 2.45) is 0 Å². The summed E-state index contributed by atoms with van der Waals surface area (Å²) in [5, 5.41) is 4.98. The number of fused-ring (bicyclic) bond motifs is 23. The predicted octanol–water partition coefficient (Wildman–Crippen LogP) is 40.0. The Morgan fingerprint density at radius 3 is 1.17 bits per heavy atom. The number of hydrogen-bond acceptors (Lipinski definition) is 3. The normalized spacial score (nSPS) is 15.0. The molecule has 19 rings (SSSR count). The Hall–Kier alpha value is -9.96. The summed E-state index contributed by atoms with van der Waals surface area (Å²) in [6, 6.07) is 85.9. The maximum Gasteiger partial charge on any atom is 0.143 e. The van der Waals surface area contributed by atoms with Gasteiger partial charge in [-0.3, -0.25) is 0 Å². The zero-order valence-corrected chi connectivity index (χ0v) is 82.8. The fraction of sp³-hybridized carbons (Fsp3) is 0.442. The molecule has 5 aliphatic carbocycles. The van der Waals surface area contributed by atoms with Crippen molar-refractivity contribution in [1.82, 2.24) is 0 Å². The summed E-state index contributed by atoms with van der Waals surface area (Å²) < 4.78 is 14.4. The molecule has 0 saturated carbocycles. The van der Waals surface area contributed by atoms with Crippen molar-refractivity contribution in [1.29, 1.82) is 0 Å². The van der Waals surface area contributed by atoms with Crippen LogP contribution in [0.15, 0.2) is 221 Å². The summed E-state index contributed by atoms with van der Waals surface area (Å²) in [6.07, 6.45) is 50.9. The lowest BCUT2D eigenvalue weighted by atomic mass is 9.68. The first-order valence-corrected chi connectivity index (χ1v) is 53.4. The monoisotopic (exact) mass is 1750 g/mol. The number of benzene rings is 12. The lowest BCUT2D eigenvalue weighted by Gasteiger charge is -2.35. The van der Waals surface area contributed by atoms with Crippen LogP contribution in [0.3, 0.4) is 0 Å². The van der Waals surface area contributed by atoms with Crippen molar-refractivity contribution in [3.05, 3.63) is 279 Å². The molecule has 0 radical (unpaired) electrons. The minimum atomic E-state index is -0.391. The van der Waals surface area contributed by atoms with Crippen LogP contribution in [-0.2, 0) is 27.1 Å². The summed E-state index contributed by atoms with van der Waals surface area (Å²) in [5.41, 5.74) is 43.3. The van der Waals surface area contributed by atoms with Crippen molar-refractivity contribution in [3.8, 4) is 77.9 Å². The van der Waals surface area contributed by atoms with E-state index in [-0.39, 0.29) is 21.7 Å². The third-order valence-electron chi connectivity index (χ3n) is 33.5. The van der Waals surface area contributed by atoms with Crippen LogP contribution in [0.5, 0.6) is 0 Å². The number of anilines is 3. The van der Waals surface area contributed by atoms with E-state index in [0.29, 0.717) is 0 Å². The molecule has 2 aromatic heterocycles. The van der Waals surface area contributed by atoms with E-state index in [9.17, 15) is 0 Å². The van der Waals surface area contributed by atoms with Crippen LogP contribution >= 0.6 is 0 Å². The van der Waals surface area contributed by atoms with Crippen LogP contribution in [0.4, 0.5) is 17.1 Å². The average Bonchev–Trinajstić information content (AvgIpc) is 1.51. The number of hydrogen-bond donors (Lipinski definition) is 0. The van der Waals surface area contributed by atoms with E-state index >= 15 is 0 Å². The second-order valence-corrected chi connectivity index (χ2v) is 42.9. The molecule has 0 aliphatic heterocycles. The standard InChI is InChI=1S/C129H151NO2/c1-13-19-25-31-37-49-75-128(76-50-38-32-26-20-14-2)107-70-72-119-122(101-54-42-45-57-117(101)131-119)121(107)105-87-113-104(86-114(105)128)99-68-63-94(84-112(99)129(113,77-51-39-33-27-21-15-3)78-52-40-34-28-22-16-4)130(116-71-59-88(7)79-89(116)8)93-64-69-100-110(83-93)126(11,12)115-85-103(124-123(120(100)115)102-55-43-46-58-118(102)132-124)92-62-67-97-96-65-60-90(80-108(96)125(9,10)109(97)82-92)91-61-66-98-95-53-41-44-56-106(95)127(111(98)81-91,73-47-35-29-23-17-5)74-48-36-30-24-18-6/h41-46,53-72,79-87H,13-40,47-52,73-78H2,1-12H3. The molecule has 132 heavy (non-hydrogen) atoms. The van der Waals surface area contributed by atoms with Gasteiger partial charge >= 0.3 is 0 Å². The van der Waals surface area contributed by atoms with Gasteiger partial charge in [-0.15, -0.1) is 0 Å². The molecule has 3 nitrogen and oxygen atoms in total. The molecule has 684 valence electrons. The van der Waals surface area contributed by atoms with Gasteiger partial charge in [0, 0.05) is 71.2 Å². The smallest absolute Gasteiger partial charge is 0.143 e. The quantitative estimate of drug-likeness (QED) is 0.0356. The molecular weight excluding hydrogens is 1600 g/mol. The predicted molar refractivity (Wildman–Crippen MR) is 569 cm³/mol. The van der Waals surface area contributed by atoms with Gasteiger partial charge in [0.25, 0.3) is 0 Å². The largest absolute Gasteiger partial charge is 0.456 e. The first kappa shape index (κ1) is 91.2. The highest BCUT2D eigenvalue weighted by Gasteiger charge is 2.51. The lowest BCUT2D eigenvalue weighted by Crippen LogP contribution is -2.27. The Balaban J connectivity index is 0.721. The molecule has 14 aromatic rings. The highest BCUT2D eigenvalue weighted by Crippen LogP contribution is 2.66. The molecule has 0 atom stereocenters. The summed E-state index contributed by atoms with van der Waals surface area (Å²) in [5.74, 6) is 0. The van der Waals surface area contributed by atoms with Gasteiger partial charge in [0.1, 0.15) is 22.3 Å². The minimum Gasteiger partial charge on any atom is -0.456 e. The fourth-order valence-corrected chi connectivity index (χ4v) is 26.4. The molecule has 0 saturated heterocycles. The molecule has 0 spiro atoms. The molecule has 0 unspecified atom stereocenters. The summed E-state index contributed by atoms with van der Waals surface area (Å²) in [7, 11) is 0. The van der Waals surface area contributed by atoms with Crippen LogP contribution in [0, 0.1) is 13.8 Å². The maximum atomic E-state index is 7.38. The number of aryl methyl sites for hydroxylation is 2. The molecule has 12 aromatic carbocycles. The number of rotatable bonds is 45. The van der Waals surface area contributed by atoms with Crippen LogP contribution < -0.4 is 4.90 Å². The van der Waals surface area contributed by atoms with Gasteiger partial charge in [-0.05, 0) is 271 Å². The zero-order valence-electron chi connectivity index (χ0n) is 82.8. The zero-order chi connectivity index (χ0) is 90.9. The SMILES string of the molecule is CCCCCCCCC1(CCCCCCCC)c2cc(N(c3ccc4c(c3)C(C)(C)c3cc(-c5ccc6c(c5)C(C)(C)c5cc(-c7ccc8c(c7)C(CCCCCCC)(CCCCCCC)c7ccccc7-8)ccc5-6)c5oc6ccccc6c5c3-4)c3ccc(C)cc3C)ccc2-c2cc3c(cc21)-c1c(ccc2oc4ccccc4c12)C3(CCCCCCCC)CCCCCCCC. The second-order valence-electron chi connectivity index (χ2n) is 42.9. The number of unbranched alkanes of at least 4 members (excludes halogenated alkanes) is 28. The Labute approximate surface area is 793 Å². The van der Waals surface area contributed by atoms with Gasteiger partial charge in [0.15, 0.2) is 0 Å². The maximum absolute atomic E-state index is 7.38. The van der Waals surface area contributed by atoms with E-state index in [2.05, 4.69) is 300 Å². The summed E-state index contributed by atoms with van der Waals surface area (Å²) in [6.45, 7) is 28.8. The van der Waals surface area contributed by atoms with Crippen LogP contribution in [0.1, 0.15) is 393 Å². The van der Waals surface area contributed by atoms with E-state index in [0.717, 1.165) is 40.7 Å². The number of furan rings is 2. The molecule has 3 heteroatoms. The highest BCUT2D eigenvalue weighted by molar-refractivity contribution is 6.19. The Bertz CT molecular complexity index is 6470. The molecule has 2 heterocycles. The van der Waals surface area contributed by atoms with E-state index < -0.39 is 5.41 Å². The lowest BCUT2D eigenvalue weighted by molar-refractivity contribution is 0.394. The van der Waals surface area contributed by atoms with Crippen molar-refractivity contribution in [2.45, 2.75) is 367 Å². The fourth-order valence-electron chi connectivity index (χ4n) is 26.4. The van der Waals surface area contributed by atoms with Gasteiger partial charge in [-0.1, -0.05) is 421 Å². The third-order valence-corrected chi connectivity index (χ3v) is 33.5. The van der Waals surface area contributed by atoms with Gasteiger partial charge in [-0.25, -0.2) is 0 Å². The van der Waals surface area contributed by atoms with Crippen LogP contribution in [-0.4, -0.2) is 0 Å². The third kappa shape index (κ3) is 16.4. The van der Waals surface area contributed by atoms with Gasteiger partial charge < -0.3 is 13.7 Å². The second kappa shape index (κ2) is 39.2. The van der Waals surface area contributed by atoms with E-state index in [1.807, 2.05) is 0 Å². The topological polar surface area (TPSA) is 29.5 Å². The molecule has 0 fully saturated rings. The molecule has 0 amide bonds. The summed E-state index contributed by atoms with van der Waals surface area (Å²) >= 11 is 0. The van der Waals surface area contributed by atoms with Crippen LogP contribution in [0.2, 0.25) is 0 Å². The van der Waals surface area contributed by atoms with Gasteiger partial charge in [-0.2, -0.15) is 0 Å². The van der Waals surface area contributed by atoms with Crippen LogP contribution in [0.25, 0.3) is 122 Å². The summed E-state index contributed by atoms with van der Waals surface area (Å²) in [4.78, 5) is 2.69. The molecular formula is C129H151NO2. The van der Waals surface area contributed by atoms with E-state index in [4.69, 9.17) is 8.83 Å². The van der Waals surface area contributed by atoms with Crippen molar-refractivity contribution < 1.29 is 8.83 Å². The Kier molecular flexibility index (Phi) is 27.0. The molecule has 0 N–H and O–H groups in total. The van der Waals surface area contributed by atoms with E-state index in [1.54, 1.807) is 33.4 Å². The van der Waals surface area contributed by atoms with Crippen molar-refractivity contribution in [2.75, 3.05) is 4.90 Å². The van der Waals surface area contributed by atoms with Crippen molar-refractivity contribution >= 4 is 60.9 Å². The molecule has 0 bridgehead atoms. The first-order chi connectivity index (χ1) is 64.6. The van der Waals surface area contributed by atoms with Gasteiger partial charge in [0.2, 0.25) is 0 Å². The van der Waals surface area contributed by atoms with Crippen molar-refractivity contribution in [3.63, 3.8) is 0 Å². The highest BCUT2D eigenvalue weighted by atomic mass is 16.3. The Morgan fingerprint density at radius 2 is 0.614 bits per heavy atom.